The van der Waals surface area contributed by atoms with E-state index in [1.54, 1.807) is 13.0 Å². The van der Waals surface area contributed by atoms with Gasteiger partial charge in [0.15, 0.2) is 0 Å². The van der Waals surface area contributed by atoms with Gasteiger partial charge < -0.3 is 15.6 Å². The van der Waals surface area contributed by atoms with Crippen LogP contribution < -0.4 is 10.5 Å². The molecule has 4 aromatic rings. The first-order chi connectivity index (χ1) is 16.3. The van der Waals surface area contributed by atoms with E-state index in [9.17, 15) is 14.3 Å². The lowest BCUT2D eigenvalue weighted by molar-refractivity contribution is -0.138. The minimum absolute atomic E-state index is 0.199. The highest BCUT2D eigenvalue weighted by Gasteiger charge is 2.24. The molecule has 3 aromatic carbocycles. The quantitative estimate of drug-likeness (QED) is 0.346. The van der Waals surface area contributed by atoms with Crippen LogP contribution in [-0.4, -0.2) is 28.2 Å². The summed E-state index contributed by atoms with van der Waals surface area (Å²) >= 11 is 0. The van der Waals surface area contributed by atoms with E-state index in [4.69, 9.17) is 15.5 Å². The van der Waals surface area contributed by atoms with Gasteiger partial charge in [-0.25, -0.2) is 9.37 Å². The molecule has 0 saturated heterocycles. The molecule has 0 aliphatic carbocycles. The Bertz CT molecular complexity index is 1330. The standard InChI is InChI=1S/C28H27FN2O3/c1-3-34-26-7-5-4-6-22(26)18-8-10-19(11-9-18)25-14-20(16-28(2,30)17-27(32)33)23-15-21(29)12-13-24(23)31-25/h4-15H,3,16-17,30H2,1-2H3,(H,32,33). The maximum atomic E-state index is 14.0. The fourth-order valence-electron chi connectivity index (χ4n) is 4.21. The van der Waals surface area contributed by atoms with Crippen molar-refractivity contribution in [3.63, 3.8) is 0 Å². The van der Waals surface area contributed by atoms with Crippen molar-refractivity contribution in [2.45, 2.75) is 32.2 Å². The van der Waals surface area contributed by atoms with Crippen molar-refractivity contribution >= 4 is 16.9 Å². The van der Waals surface area contributed by atoms with E-state index in [1.807, 2.05) is 61.5 Å². The molecule has 4 rings (SSSR count). The van der Waals surface area contributed by atoms with Crippen molar-refractivity contribution in [2.75, 3.05) is 6.61 Å². The minimum Gasteiger partial charge on any atom is -0.493 e. The molecule has 0 aliphatic rings. The molecule has 3 N–H and O–H groups in total. The monoisotopic (exact) mass is 458 g/mol. The van der Waals surface area contributed by atoms with Crippen molar-refractivity contribution in [3.8, 4) is 28.1 Å². The average molecular weight is 459 g/mol. The van der Waals surface area contributed by atoms with Gasteiger partial charge in [-0.15, -0.1) is 0 Å². The van der Waals surface area contributed by atoms with Crippen molar-refractivity contribution in [1.82, 2.24) is 4.98 Å². The molecule has 0 saturated carbocycles. The largest absolute Gasteiger partial charge is 0.493 e. The molecule has 34 heavy (non-hydrogen) atoms. The SMILES string of the molecule is CCOc1ccccc1-c1ccc(-c2cc(CC(C)(N)CC(=O)O)c3cc(F)ccc3n2)cc1. The van der Waals surface area contributed by atoms with Crippen LogP contribution in [0.25, 0.3) is 33.3 Å². The van der Waals surface area contributed by atoms with Gasteiger partial charge in [-0.05, 0) is 61.7 Å². The van der Waals surface area contributed by atoms with Crippen molar-refractivity contribution in [2.24, 2.45) is 5.73 Å². The predicted molar refractivity (Wildman–Crippen MR) is 132 cm³/mol. The van der Waals surface area contributed by atoms with Crippen LogP contribution >= 0.6 is 0 Å². The molecule has 0 spiro atoms. The summed E-state index contributed by atoms with van der Waals surface area (Å²) in [6.45, 7) is 4.23. The first-order valence-corrected chi connectivity index (χ1v) is 11.2. The molecule has 174 valence electrons. The number of aromatic nitrogens is 1. The number of halogens is 1. The van der Waals surface area contributed by atoms with Crippen LogP contribution in [0, 0.1) is 5.82 Å². The molecule has 1 heterocycles. The molecule has 5 nitrogen and oxygen atoms in total. The second-order valence-corrected chi connectivity index (χ2v) is 8.74. The number of benzene rings is 3. The number of nitrogens with zero attached hydrogens (tertiary/aromatic N) is 1. The minimum atomic E-state index is -0.990. The van der Waals surface area contributed by atoms with Crippen LogP contribution in [0.2, 0.25) is 0 Å². The Morgan fingerprint density at radius 2 is 1.76 bits per heavy atom. The number of fused-ring (bicyclic) bond motifs is 1. The second kappa shape index (κ2) is 9.61. The second-order valence-electron chi connectivity index (χ2n) is 8.74. The average Bonchev–Trinajstić information content (AvgIpc) is 2.79. The van der Waals surface area contributed by atoms with E-state index in [-0.39, 0.29) is 18.7 Å². The molecule has 1 aromatic heterocycles. The predicted octanol–water partition coefficient (Wildman–Crippen LogP) is 5.84. The first-order valence-electron chi connectivity index (χ1n) is 11.2. The number of carboxylic acids is 1. The Kier molecular flexibility index (Phi) is 6.61. The number of para-hydroxylation sites is 1. The van der Waals surface area contributed by atoms with E-state index >= 15 is 0 Å². The molecule has 6 heteroatoms. The maximum Gasteiger partial charge on any atom is 0.305 e. The summed E-state index contributed by atoms with van der Waals surface area (Å²) < 4.78 is 19.8. The third-order valence-electron chi connectivity index (χ3n) is 5.68. The van der Waals surface area contributed by atoms with Crippen LogP contribution in [0.15, 0.2) is 72.8 Å². The molecule has 1 atom stereocenters. The van der Waals surface area contributed by atoms with Crippen molar-refractivity contribution in [1.29, 1.82) is 0 Å². The van der Waals surface area contributed by atoms with Gasteiger partial charge >= 0.3 is 5.97 Å². The van der Waals surface area contributed by atoms with E-state index in [1.165, 1.54) is 12.1 Å². The Labute approximate surface area is 198 Å². The number of carboxylic acid groups (broad SMARTS) is 1. The van der Waals surface area contributed by atoms with E-state index < -0.39 is 11.5 Å². The van der Waals surface area contributed by atoms with Crippen LogP contribution in [-0.2, 0) is 11.2 Å². The third-order valence-corrected chi connectivity index (χ3v) is 5.68. The van der Waals surface area contributed by atoms with Gasteiger partial charge in [0.2, 0.25) is 0 Å². The van der Waals surface area contributed by atoms with Crippen molar-refractivity contribution < 1.29 is 19.0 Å². The topological polar surface area (TPSA) is 85.4 Å². The van der Waals surface area contributed by atoms with Crippen LogP contribution in [0.5, 0.6) is 5.75 Å². The van der Waals surface area contributed by atoms with Gasteiger partial charge in [-0.2, -0.15) is 0 Å². The summed E-state index contributed by atoms with van der Waals surface area (Å²) in [5.74, 6) is -0.526. The Morgan fingerprint density at radius 3 is 2.47 bits per heavy atom. The zero-order chi connectivity index (χ0) is 24.3. The smallest absolute Gasteiger partial charge is 0.305 e. The van der Waals surface area contributed by atoms with Crippen LogP contribution in [0.1, 0.15) is 25.8 Å². The molecule has 0 aliphatic heterocycles. The van der Waals surface area contributed by atoms with E-state index in [0.29, 0.717) is 23.2 Å². The lowest BCUT2D eigenvalue weighted by Crippen LogP contribution is -2.40. The number of nitrogens with two attached hydrogens (primary N) is 1. The number of hydrogen-bond acceptors (Lipinski definition) is 4. The Morgan fingerprint density at radius 1 is 1.06 bits per heavy atom. The maximum absolute atomic E-state index is 14.0. The fraction of sp³-hybridized carbons (Fsp3) is 0.214. The van der Waals surface area contributed by atoms with E-state index in [2.05, 4.69) is 0 Å². The first kappa shape index (κ1) is 23.4. The van der Waals surface area contributed by atoms with Gasteiger partial charge in [0, 0.05) is 22.1 Å². The van der Waals surface area contributed by atoms with Gasteiger partial charge in [0.05, 0.1) is 24.2 Å². The molecule has 1 unspecified atom stereocenters. The highest BCUT2D eigenvalue weighted by molar-refractivity contribution is 5.86. The summed E-state index contributed by atoms with van der Waals surface area (Å²) in [6, 6.07) is 22.2. The normalized spacial score (nSPS) is 12.9. The van der Waals surface area contributed by atoms with Gasteiger partial charge in [-0.1, -0.05) is 42.5 Å². The Balaban J connectivity index is 1.75. The van der Waals surface area contributed by atoms with Gasteiger partial charge in [0.1, 0.15) is 11.6 Å². The van der Waals surface area contributed by atoms with E-state index in [0.717, 1.165) is 28.0 Å². The zero-order valence-corrected chi connectivity index (χ0v) is 19.2. The zero-order valence-electron chi connectivity index (χ0n) is 19.2. The number of pyridine rings is 1. The third kappa shape index (κ3) is 5.24. The van der Waals surface area contributed by atoms with Crippen LogP contribution in [0.3, 0.4) is 0 Å². The van der Waals surface area contributed by atoms with Gasteiger partial charge in [-0.3, -0.25) is 4.79 Å². The fourth-order valence-corrected chi connectivity index (χ4v) is 4.21. The molecule has 0 amide bonds. The highest BCUT2D eigenvalue weighted by Crippen LogP contribution is 2.33. The number of ether oxygens (including phenoxy) is 1. The summed E-state index contributed by atoms with van der Waals surface area (Å²) in [5, 5.41) is 9.86. The number of carbonyl (C=O) groups is 1. The molecule has 0 fully saturated rings. The summed E-state index contributed by atoms with van der Waals surface area (Å²) in [6.07, 6.45) is 0.0734. The summed E-state index contributed by atoms with van der Waals surface area (Å²) in [7, 11) is 0. The molecule has 0 bridgehead atoms. The number of aliphatic carboxylic acids is 1. The summed E-state index contributed by atoms with van der Waals surface area (Å²) in [5.41, 5.74) is 10.3. The highest BCUT2D eigenvalue weighted by atomic mass is 19.1. The summed E-state index contributed by atoms with van der Waals surface area (Å²) in [4.78, 5) is 16.0. The Hall–Kier alpha value is -3.77. The number of rotatable bonds is 8. The molecule has 0 radical (unpaired) electrons. The number of hydrogen-bond donors (Lipinski definition) is 2. The van der Waals surface area contributed by atoms with Crippen LogP contribution in [0.4, 0.5) is 4.39 Å². The molecular weight excluding hydrogens is 431 g/mol. The lowest BCUT2D eigenvalue weighted by atomic mass is 9.88. The van der Waals surface area contributed by atoms with Gasteiger partial charge in [0.25, 0.3) is 0 Å². The van der Waals surface area contributed by atoms with Crippen molar-refractivity contribution in [3.05, 3.63) is 84.2 Å². The molecular formula is C28H27FN2O3. The lowest BCUT2D eigenvalue weighted by Gasteiger charge is -2.23.